The summed E-state index contributed by atoms with van der Waals surface area (Å²) < 4.78 is 31.2. The van der Waals surface area contributed by atoms with Crippen LogP contribution < -0.4 is 10.0 Å². The molecule has 1 atom stereocenters. The van der Waals surface area contributed by atoms with Gasteiger partial charge in [0, 0.05) is 20.2 Å². The summed E-state index contributed by atoms with van der Waals surface area (Å²) in [4.78, 5) is 7.95. The maximum absolute atomic E-state index is 11.9. The van der Waals surface area contributed by atoms with Gasteiger partial charge in [-0.15, -0.1) is 0 Å². The Bertz CT molecular complexity index is 475. The highest BCUT2D eigenvalue weighted by molar-refractivity contribution is 7.89. The highest BCUT2D eigenvalue weighted by Gasteiger charge is 2.16. The van der Waals surface area contributed by atoms with Gasteiger partial charge in [0.2, 0.25) is 16.0 Å². The molecule has 2 N–H and O–H groups in total. The first kappa shape index (κ1) is 15.8. The van der Waals surface area contributed by atoms with E-state index in [4.69, 9.17) is 4.74 Å². The molecule has 0 fully saturated rings. The van der Waals surface area contributed by atoms with Crippen LogP contribution >= 0.6 is 0 Å². The first-order valence-corrected chi connectivity index (χ1v) is 7.56. The number of methoxy groups -OCH3 is 1. The lowest BCUT2D eigenvalue weighted by Crippen LogP contribution is -2.31. The summed E-state index contributed by atoms with van der Waals surface area (Å²) in [5.41, 5.74) is 0. The van der Waals surface area contributed by atoms with Crippen molar-refractivity contribution in [3.05, 3.63) is 12.4 Å². The van der Waals surface area contributed by atoms with Crippen LogP contribution in [0.2, 0.25) is 0 Å². The lowest BCUT2D eigenvalue weighted by atomic mass is 10.4. The molecule has 0 spiro atoms. The Morgan fingerprint density at radius 2 is 2.00 bits per heavy atom. The molecule has 0 aromatic carbocycles. The fourth-order valence-electron chi connectivity index (χ4n) is 1.18. The molecule has 0 saturated heterocycles. The monoisotopic (exact) mass is 288 g/mol. The van der Waals surface area contributed by atoms with E-state index < -0.39 is 10.0 Å². The van der Waals surface area contributed by atoms with Gasteiger partial charge in [-0.1, -0.05) is 6.92 Å². The average Bonchev–Trinajstić information content (AvgIpc) is 2.43. The van der Waals surface area contributed by atoms with Gasteiger partial charge in [0.25, 0.3) is 0 Å². The number of hydrogen-bond donors (Lipinski definition) is 2. The van der Waals surface area contributed by atoms with Crippen molar-refractivity contribution < 1.29 is 13.2 Å². The first-order valence-electron chi connectivity index (χ1n) is 6.08. The van der Waals surface area contributed by atoms with Crippen LogP contribution in [0.3, 0.4) is 0 Å². The van der Waals surface area contributed by atoms with Gasteiger partial charge >= 0.3 is 0 Å². The molecule has 7 nitrogen and oxygen atoms in total. The van der Waals surface area contributed by atoms with Crippen molar-refractivity contribution >= 4 is 16.0 Å². The lowest BCUT2D eigenvalue weighted by molar-refractivity contribution is 0.122. The van der Waals surface area contributed by atoms with E-state index in [-0.39, 0.29) is 17.5 Å². The smallest absolute Gasteiger partial charge is 0.243 e. The second kappa shape index (κ2) is 7.37. The number of nitrogens with zero attached hydrogens (tertiary/aromatic N) is 2. The molecule has 0 aliphatic rings. The zero-order chi connectivity index (χ0) is 14.3. The number of nitrogens with one attached hydrogen (secondary N) is 2. The SMILES string of the molecule is CCCNc1ncc(S(=O)(=O)NCC(C)OC)cn1. The summed E-state index contributed by atoms with van der Waals surface area (Å²) in [6.45, 7) is 4.74. The van der Waals surface area contributed by atoms with E-state index in [9.17, 15) is 8.42 Å². The molecule has 0 amide bonds. The molecule has 108 valence electrons. The second-order valence-corrected chi connectivity index (χ2v) is 5.83. The molecule has 0 aliphatic heterocycles. The number of rotatable bonds is 8. The molecule has 1 unspecified atom stereocenters. The highest BCUT2D eigenvalue weighted by Crippen LogP contribution is 2.07. The van der Waals surface area contributed by atoms with Crippen molar-refractivity contribution in [3.8, 4) is 0 Å². The summed E-state index contributed by atoms with van der Waals surface area (Å²) in [6, 6.07) is 0. The number of anilines is 1. The van der Waals surface area contributed by atoms with Crippen LogP contribution in [-0.4, -0.2) is 44.7 Å². The second-order valence-electron chi connectivity index (χ2n) is 4.07. The van der Waals surface area contributed by atoms with Crippen LogP contribution in [0.5, 0.6) is 0 Å². The Hall–Kier alpha value is -1.25. The first-order chi connectivity index (χ1) is 8.99. The van der Waals surface area contributed by atoms with Gasteiger partial charge in [0.15, 0.2) is 0 Å². The fraction of sp³-hybridized carbons (Fsp3) is 0.636. The quantitative estimate of drug-likeness (QED) is 0.728. The van der Waals surface area contributed by atoms with Gasteiger partial charge in [0.1, 0.15) is 4.90 Å². The molecule has 0 aliphatic carbocycles. The van der Waals surface area contributed by atoms with E-state index in [2.05, 4.69) is 20.0 Å². The van der Waals surface area contributed by atoms with Crippen LogP contribution in [0.15, 0.2) is 17.3 Å². The third-order valence-corrected chi connectivity index (χ3v) is 3.81. The Balaban J connectivity index is 2.68. The topological polar surface area (TPSA) is 93.2 Å². The summed E-state index contributed by atoms with van der Waals surface area (Å²) in [6.07, 6.45) is 3.32. The van der Waals surface area contributed by atoms with Crippen LogP contribution in [0.25, 0.3) is 0 Å². The average molecular weight is 288 g/mol. The van der Waals surface area contributed by atoms with Crippen molar-refractivity contribution in [3.63, 3.8) is 0 Å². The Morgan fingerprint density at radius 3 is 2.53 bits per heavy atom. The van der Waals surface area contributed by atoms with E-state index in [0.29, 0.717) is 5.95 Å². The van der Waals surface area contributed by atoms with Crippen molar-refractivity contribution in [2.24, 2.45) is 0 Å². The zero-order valence-corrected chi connectivity index (χ0v) is 12.2. The van der Waals surface area contributed by atoms with E-state index in [1.54, 1.807) is 6.92 Å². The van der Waals surface area contributed by atoms with Crippen molar-refractivity contribution in [2.75, 3.05) is 25.5 Å². The number of sulfonamides is 1. The summed E-state index contributed by atoms with van der Waals surface area (Å²) >= 11 is 0. The van der Waals surface area contributed by atoms with Crippen LogP contribution in [0.1, 0.15) is 20.3 Å². The van der Waals surface area contributed by atoms with E-state index in [1.807, 2.05) is 6.92 Å². The number of aromatic nitrogens is 2. The Labute approximate surface area is 113 Å². The number of ether oxygens (including phenoxy) is 1. The third-order valence-electron chi connectivity index (χ3n) is 2.43. The van der Waals surface area contributed by atoms with Gasteiger partial charge in [-0.05, 0) is 13.3 Å². The van der Waals surface area contributed by atoms with Gasteiger partial charge in [-0.25, -0.2) is 23.1 Å². The van der Waals surface area contributed by atoms with Gasteiger partial charge in [-0.2, -0.15) is 0 Å². The van der Waals surface area contributed by atoms with Crippen LogP contribution in [0, 0.1) is 0 Å². The molecule has 1 heterocycles. The minimum atomic E-state index is -3.59. The molecule has 8 heteroatoms. The number of hydrogen-bond acceptors (Lipinski definition) is 6. The summed E-state index contributed by atoms with van der Waals surface area (Å²) in [5.74, 6) is 0.422. The third kappa shape index (κ3) is 5.09. The van der Waals surface area contributed by atoms with Gasteiger partial charge in [-0.3, -0.25) is 0 Å². The van der Waals surface area contributed by atoms with E-state index >= 15 is 0 Å². The molecule has 1 aromatic rings. The molecular formula is C11H20N4O3S. The Morgan fingerprint density at radius 1 is 1.37 bits per heavy atom. The summed E-state index contributed by atoms with van der Waals surface area (Å²) in [7, 11) is -2.06. The molecule has 0 bridgehead atoms. The van der Waals surface area contributed by atoms with Gasteiger partial charge in [0.05, 0.1) is 18.5 Å². The fourth-order valence-corrected chi connectivity index (χ4v) is 2.18. The van der Waals surface area contributed by atoms with Crippen molar-refractivity contribution in [1.29, 1.82) is 0 Å². The molecule has 0 radical (unpaired) electrons. The Kier molecular flexibility index (Phi) is 6.13. The minimum Gasteiger partial charge on any atom is -0.380 e. The molecule has 1 aromatic heterocycles. The highest BCUT2D eigenvalue weighted by atomic mass is 32.2. The molecular weight excluding hydrogens is 268 g/mol. The predicted octanol–water partition coefficient (Wildman–Crippen LogP) is 0.612. The van der Waals surface area contributed by atoms with Crippen molar-refractivity contribution in [2.45, 2.75) is 31.3 Å². The maximum atomic E-state index is 11.9. The van der Waals surface area contributed by atoms with Crippen molar-refractivity contribution in [1.82, 2.24) is 14.7 Å². The standard InChI is InChI=1S/C11H20N4O3S/c1-4-5-12-11-13-7-10(8-14-11)19(16,17)15-6-9(2)18-3/h7-9,15H,4-6H2,1-3H3,(H,12,13,14). The lowest BCUT2D eigenvalue weighted by Gasteiger charge is -2.11. The molecule has 19 heavy (non-hydrogen) atoms. The molecule has 0 saturated carbocycles. The predicted molar refractivity (Wildman–Crippen MR) is 72.5 cm³/mol. The van der Waals surface area contributed by atoms with Gasteiger partial charge < -0.3 is 10.1 Å². The summed E-state index contributed by atoms with van der Waals surface area (Å²) in [5, 5.41) is 2.97. The maximum Gasteiger partial charge on any atom is 0.243 e. The largest absolute Gasteiger partial charge is 0.380 e. The molecule has 1 rings (SSSR count). The van der Waals surface area contributed by atoms with Crippen LogP contribution in [0.4, 0.5) is 5.95 Å². The zero-order valence-electron chi connectivity index (χ0n) is 11.4. The van der Waals surface area contributed by atoms with E-state index in [1.165, 1.54) is 19.5 Å². The van der Waals surface area contributed by atoms with Crippen LogP contribution in [-0.2, 0) is 14.8 Å². The van der Waals surface area contributed by atoms with E-state index in [0.717, 1.165) is 13.0 Å². The normalized spacial score (nSPS) is 13.2. The minimum absolute atomic E-state index is 0.0397.